The van der Waals surface area contributed by atoms with Crippen molar-refractivity contribution in [2.45, 2.75) is 25.9 Å². The average Bonchev–Trinajstić information content (AvgIpc) is 2.82. The number of nitrogens with one attached hydrogen (secondary N) is 1. The van der Waals surface area contributed by atoms with E-state index in [0.717, 1.165) is 24.2 Å². The van der Waals surface area contributed by atoms with Crippen LogP contribution in [0.3, 0.4) is 0 Å². The minimum Gasteiger partial charge on any atom is -0.271 e. The molecule has 0 fully saturated rings. The Kier molecular flexibility index (Phi) is 4.67. The predicted molar refractivity (Wildman–Crippen MR) is 78.6 cm³/mol. The summed E-state index contributed by atoms with van der Waals surface area (Å²) in [4.78, 5) is 0. The van der Waals surface area contributed by atoms with E-state index in [-0.39, 0.29) is 6.04 Å². The monoisotopic (exact) mass is 357 g/mol. The SMILES string of the molecule is CCCn1nncc1C(NN)c1ccccc1I. The summed E-state index contributed by atoms with van der Waals surface area (Å²) < 4.78 is 3.07. The first-order valence-corrected chi connectivity index (χ1v) is 6.94. The molecule has 0 radical (unpaired) electrons. The maximum atomic E-state index is 5.71. The molecular formula is C12H16IN5. The van der Waals surface area contributed by atoms with Crippen LogP contribution in [0.2, 0.25) is 0 Å². The number of benzene rings is 1. The summed E-state index contributed by atoms with van der Waals surface area (Å²) >= 11 is 2.31. The average molecular weight is 357 g/mol. The fourth-order valence-corrected chi connectivity index (χ4v) is 2.62. The normalized spacial score (nSPS) is 12.6. The zero-order valence-electron chi connectivity index (χ0n) is 10.2. The van der Waals surface area contributed by atoms with Crippen molar-refractivity contribution in [3.8, 4) is 0 Å². The highest BCUT2D eigenvalue weighted by Crippen LogP contribution is 2.24. The third-order valence-electron chi connectivity index (χ3n) is 2.76. The lowest BCUT2D eigenvalue weighted by molar-refractivity contribution is 0.511. The fourth-order valence-electron chi connectivity index (χ4n) is 1.92. The lowest BCUT2D eigenvalue weighted by atomic mass is 10.0. The lowest BCUT2D eigenvalue weighted by Crippen LogP contribution is -2.31. The van der Waals surface area contributed by atoms with Gasteiger partial charge in [0.25, 0.3) is 0 Å². The minimum atomic E-state index is -0.0837. The Labute approximate surface area is 120 Å². The van der Waals surface area contributed by atoms with Gasteiger partial charge in [0, 0.05) is 10.1 Å². The molecule has 0 saturated carbocycles. The van der Waals surface area contributed by atoms with E-state index in [2.05, 4.69) is 57.4 Å². The van der Waals surface area contributed by atoms with Crippen molar-refractivity contribution >= 4 is 22.6 Å². The van der Waals surface area contributed by atoms with Crippen molar-refractivity contribution in [3.63, 3.8) is 0 Å². The highest BCUT2D eigenvalue weighted by Gasteiger charge is 2.19. The molecule has 2 aromatic rings. The van der Waals surface area contributed by atoms with Gasteiger partial charge in [-0.25, -0.2) is 10.1 Å². The molecule has 0 bridgehead atoms. The van der Waals surface area contributed by atoms with Gasteiger partial charge in [0.15, 0.2) is 0 Å². The number of hydrogen-bond donors (Lipinski definition) is 2. The zero-order valence-corrected chi connectivity index (χ0v) is 12.3. The van der Waals surface area contributed by atoms with E-state index >= 15 is 0 Å². The summed E-state index contributed by atoms with van der Waals surface area (Å²) in [5.41, 5.74) is 4.98. The standard InChI is InChI=1S/C12H16IN5/c1-2-7-18-11(8-15-17-18)12(16-14)9-5-3-4-6-10(9)13/h3-6,8,12,16H,2,7,14H2,1H3. The number of rotatable bonds is 5. The molecule has 3 N–H and O–H groups in total. The van der Waals surface area contributed by atoms with Crippen LogP contribution in [-0.4, -0.2) is 15.0 Å². The van der Waals surface area contributed by atoms with Gasteiger partial charge in [-0.1, -0.05) is 30.3 Å². The Balaban J connectivity index is 2.39. The van der Waals surface area contributed by atoms with Gasteiger partial charge in [-0.3, -0.25) is 5.84 Å². The number of aryl methyl sites for hydroxylation is 1. The van der Waals surface area contributed by atoms with Gasteiger partial charge in [0.2, 0.25) is 0 Å². The van der Waals surface area contributed by atoms with Crippen LogP contribution in [0.25, 0.3) is 0 Å². The Morgan fingerprint density at radius 1 is 1.44 bits per heavy atom. The van der Waals surface area contributed by atoms with Crippen LogP contribution in [0.5, 0.6) is 0 Å². The van der Waals surface area contributed by atoms with E-state index in [9.17, 15) is 0 Å². The molecule has 0 spiro atoms. The molecule has 2 rings (SSSR count). The van der Waals surface area contributed by atoms with Crippen LogP contribution in [0.1, 0.15) is 30.6 Å². The Morgan fingerprint density at radius 3 is 2.89 bits per heavy atom. The molecule has 0 aliphatic rings. The highest BCUT2D eigenvalue weighted by molar-refractivity contribution is 14.1. The third kappa shape index (κ3) is 2.70. The third-order valence-corrected chi connectivity index (χ3v) is 3.74. The first-order chi connectivity index (χ1) is 8.77. The first kappa shape index (κ1) is 13.4. The molecule has 96 valence electrons. The molecule has 0 amide bonds. The summed E-state index contributed by atoms with van der Waals surface area (Å²) in [5.74, 6) is 5.71. The molecule has 1 aromatic heterocycles. The number of hydrogen-bond acceptors (Lipinski definition) is 4. The number of hydrazine groups is 1. The highest BCUT2D eigenvalue weighted by atomic mass is 127. The summed E-state index contributed by atoms with van der Waals surface area (Å²) in [6, 6.07) is 8.07. The quantitative estimate of drug-likeness (QED) is 0.487. The van der Waals surface area contributed by atoms with Crippen molar-refractivity contribution in [1.82, 2.24) is 20.4 Å². The molecule has 0 saturated heterocycles. The van der Waals surface area contributed by atoms with Crippen molar-refractivity contribution in [2.24, 2.45) is 5.84 Å². The molecule has 18 heavy (non-hydrogen) atoms. The van der Waals surface area contributed by atoms with Crippen molar-refractivity contribution in [2.75, 3.05) is 0 Å². The Hall–Kier alpha value is -0.990. The molecule has 6 heteroatoms. The molecule has 1 aromatic carbocycles. The van der Waals surface area contributed by atoms with E-state index in [0.29, 0.717) is 0 Å². The lowest BCUT2D eigenvalue weighted by Gasteiger charge is -2.18. The number of halogens is 1. The molecule has 0 aliphatic heterocycles. The molecule has 5 nitrogen and oxygen atoms in total. The second kappa shape index (κ2) is 6.26. The number of nitrogens with zero attached hydrogens (tertiary/aromatic N) is 3. The van der Waals surface area contributed by atoms with Crippen molar-refractivity contribution in [1.29, 1.82) is 0 Å². The fraction of sp³-hybridized carbons (Fsp3) is 0.333. The van der Waals surface area contributed by atoms with Gasteiger partial charge in [-0.2, -0.15) is 0 Å². The van der Waals surface area contributed by atoms with Crippen LogP contribution in [0, 0.1) is 3.57 Å². The second-order valence-electron chi connectivity index (χ2n) is 4.00. The summed E-state index contributed by atoms with van der Waals surface area (Å²) in [7, 11) is 0. The van der Waals surface area contributed by atoms with Crippen LogP contribution >= 0.6 is 22.6 Å². The van der Waals surface area contributed by atoms with Crippen molar-refractivity contribution < 1.29 is 0 Å². The van der Waals surface area contributed by atoms with Crippen molar-refractivity contribution in [3.05, 3.63) is 45.3 Å². The van der Waals surface area contributed by atoms with E-state index in [1.54, 1.807) is 6.20 Å². The summed E-state index contributed by atoms with van der Waals surface area (Å²) in [5, 5.41) is 8.08. The maximum absolute atomic E-state index is 5.71. The number of nitrogens with two attached hydrogens (primary N) is 1. The zero-order chi connectivity index (χ0) is 13.0. The largest absolute Gasteiger partial charge is 0.271 e. The van der Waals surface area contributed by atoms with Crippen LogP contribution < -0.4 is 11.3 Å². The van der Waals surface area contributed by atoms with Gasteiger partial charge in [-0.15, -0.1) is 5.10 Å². The topological polar surface area (TPSA) is 68.8 Å². The molecule has 0 aliphatic carbocycles. The van der Waals surface area contributed by atoms with Gasteiger partial charge in [0.1, 0.15) is 0 Å². The molecular weight excluding hydrogens is 341 g/mol. The smallest absolute Gasteiger partial charge is 0.0904 e. The minimum absolute atomic E-state index is 0.0837. The first-order valence-electron chi connectivity index (χ1n) is 5.86. The molecule has 1 unspecified atom stereocenters. The summed E-state index contributed by atoms with van der Waals surface area (Å²) in [6.07, 6.45) is 2.78. The van der Waals surface area contributed by atoms with Crippen LogP contribution in [0.15, 0.2) is 30.5 Å². The van der Waals surface area contributed by atoms with Gasteiger partial charge >= 0.3 is 0 Å². The Bertz CT molecular complexity index is 511. The predicted octanol–water partition coefficient (Wildman–Crippen LogP) is 1.85. The maximum Gasteiger partial charge on any atom is 0.0904 e. The summed E-state index contributed by atoms with van der Waals surface area (Å²) in [6.45, 7) is 2.96. The van der Waals surface area contributed by atoms with Crippen LogP contribution in [0.4, 0.5) is 0 Å². The van der Waals surface area contributed by atoms with Crippen LogP contribution in [-0.2, 0) is 6.54 Å². The molecule has 1 heterocycles. The van der Waals surface area contributed by atoms with Gasteiger partial charge in [0.05, 0.1) is 17.9 Å². The van der Waals surface area contributed by atoms with Gasteiger partial charge < -0.3 is 0 Å². The second-order valence-corrected chi connectivity index (χ2v) is 5.17. The Morgan fingerprint density at radius 2 is 2.22 bits per heavy atom. The molecule has 1 atom stereocenters. The van der Waals surface area contributed by atoms with E-state index in [1.807, 2.05) is 16.8 Å². The van der Waals surface area contributed by atoms with E-state index < -0.39 is 0 Å². The number of aromatic nitrogens is 3. The van der Waals surface area contributed by atoms with Gasteiger partial charge in [-0.05, 0) is 40.6 Å². The van der Waals surface area contributed by atoms with E-state index in [1.165, 1.54) is 3.57 Å². The van der Waals surface area contributed by atoms with E-state index in [4.69, 9.17) is 5.84 Å².